The molecular weight excluding hydrogens is 254 g/mol. The Morgan fingerprint density at radius 3 is 2.40 bits per heavy atom. The second-order valence-electron chi connectivity index (χ2n) is 3.67. The highest BCUT2D eigenvalue weighted by molar-refractivity contribution is 9.09. The molecule has 0 saturated heterocycles. The van der Waals surface area contributed by atoms with E-state index in [2.05, 4.69) is 27.3 Å². The molecule has 0 heterocycles. The van der Waals surface area contributed by atoms with Crippen LogP contribution in [0.2, 0.25) is 0 Å². The van der Waals surface area contributed by atoms with E-state index in [0.29, 0.717) is 0 Å². The van der Waals surface area contributed by atoms with Crippen LogP contribution in [0.25, 0.3) is 0 Å². The maximum Gasteiger partial charge on any atom is 0.251 e. The van der Waals surface area contributed by atoms with Gasteiger partial charge in [-0.1, -0.05) is 33.1 Å². The summed E-state index contributed by atoms with van der Waals surface area (Å²) < 4.78 is 0. The van der Waals surface area contributed by atoms with Crippen LogP contribution in [0, 0.1) is 13.8 Å². The van der Waals surface area contributed by atoms with Crippen LogP contribution in [0.5, 0.6) is 0 Å². The summed E-state index contributed by atoms with van der Waals surface area (Å²) in [6.07, 6.45) is 0.955. The van der Waals surface area contributed by atoms with E-state index in [-0.39, 0.29) is 5.91 Å². The Hall–Kier alpha value is -0.830. The van der Waals surface area contributed by atoms with Crippen molar-refractivity contribution in [3.05, 3.63) is 34.9 Å². The molecule has 0 saturated carbocycles. The molecule has 1 amide bonds. The number of alkyl halides is 1. The Morgan fingerprint density at radius 2 is 1.87 bits per heavy atom. The number of rotatable bonds is 4. The molecule has 0 atom stereocenters. The average molecular weight is 270 g/mol. The molecule has 1 aromatic rings. The molecule has 15 heavy (non-hydrogen) atoms. The Labute approximate surface area is 99.2 Å². The Morgan fingerprint density at radius 1 is 1.27 bits per heavy atom. The number of carbonyl (C=O) groups is 1. The summed E-state index contributed by atoms with van der Waals surface area (Å²) in [5.41, 5.74) is 3.00. The summed E-state index contributed by atoms with van der Waals surface area (Å²) in [5, 5.41) is 3.80. The summed E-state index contributed by atoms with van der Waals surface area (Å²) in [6, 6.07) is 5.89. The highest BCUT2D eigenvalue weighted by Gasteiger charge is 2.05. The lowest BCUT2D eigenvalue weighted by molar-refractivity contribution is 0.0953. The average Bonchev–Trinajstić information content (AvgIpc) is 2.16. The third-order valence-electron chi connectivity index (χ3n) is 2.08. The Balaban J connectivity index is 2.65. The van der Waals surface area contributed by atoms with E-state index >= 15 is 0 Å². The van der Waals surface area contributed by atoms with E-state index in [9.17, 15) is 4.79 Å². The maximum absolute atomic E-state index is 11.7. The molecule has 0 spiro atoms. The van der Waals surface area contributed by atoms with Gasteiger partial charge in [-0.3, -0.25) is 4.79 Å². The van der Waals surface area contributed by atoms with Crippen molar-refractivity contribution in [3.8, 4) is 0 Å². The van der Waals surface area contributed by atoms with Gasteiger partial charge in [0.25, 0.3) is 5.91 Å². The number of hydrogen-bond acceptors (Lipinski definition) is 1. The molecule has 0 aliphatic carbocycles. The summed E-state index contributed by atoms with van der Waals surface area (Å²) >= 11 is 3.33. The van der Waals surface area contributed by atoms with Gasteiger partial charge >= 0.3 is 0 Å². The highest BCUT2D eigenvalue weighted by atomic mass is 79.9. The van der Waals surface area contributed by atoms with E-state index in [1.54, 1.807) is 0 Å². The van der Waals surface area contributed by atoms with Gasteiger partial charge in [-0.2, -0.15) is 0 Å². The zero-order valence-electron chi connectivity index (χ0n) is 9.14. The predicted octanol–water partition coefficient (Wildman–Crippen LogP) is 2.82. The minimum atomic E-state index is 0.0164. The molecule has 0 bridgehead atoms. The Bertz CT molecular complexity index is 329. The topological polar surface area (TPSA) is 29.1 Å². The Kier molecular flexibility index (Phi) is 4.82. The zero-order valence-corrected chi connectivity index (χ0v) is 10.7. The van der Waals surface area contributed by atoms with E-state index in [0.717, 1.165) is 35.0 Å². The lowest BCUT2D eigenvalue weighted by Gasteiger charge is -2.06. The lowest BCUT2D eigenvalue weighted by Crippen LogP contribution is -2.24. The number of halogens is 1. The van der Waals surface area contributed by atoms with Crippen molar-refractivity contribution in [2.75, 3.05) is 11.9 Å². The van der Waals surface area contributed by atoms with Crippen LogP contribution in [-0.4, -0.2) is 17.8 Å². The number of amides is 1. The van der Waals surface area contributed by atoms with Crippen molar-refractivity contribution in [1.82, 2.24) is 5.32 Å². The fraction of sp³-hybridized carbons (Fsp3) is 0.417. The lowest BCUT2D eigenvalue weighted by atomic mass is 10.1. The fourth-order valence-electron chi connectivity index (χ4n) is 1.48. The van der Waals surface area contributed by atoms with Crippen LogP contribution in [-0.2, 0) is 0 Å². The predicted molar refractivity (Wildman–Crippen MR) is 66.7 cm³/mol. The number of hydrogen-bond donors (Lipinski definition) is 1. The van der Waals surface area contributed by atoms with Crippen molar-refractivity contribution in [3.63, 3.8) is 0 Å². The molecule has 0 aromatic heterocycles. The van der Waals surface area contributed by atoms with Crippen molar-refractivity contribution in [2.45, 2.75) is 20.3 Å². The van der Waals surface area contributed by atoms with Gasteiger partial charge in [0.1, 0.15) is 0 Å². The second-order valence-corrected chi connectivity index (χ2v) is 4.47. The van der Waals surface area contributed by atoms with Gasteiger partial charge in [-0.05, 0) is 32.4 Å². The fourth-order valence-corrected chi connectivity index (χ4v) is 1.76. The summed E-state index contributed by atoms with van der Waals surface area (Å²) in [4.78, 5) is 11.7. The van der Waals surface area contributed by atoms with E-state index < -0.39 is 0 Å². The standard InChI is InChI=1S/C12H16BrNO/c1-9-6-10(2)8-11(7-9)12(15)14-5-3-4-13/h6-8H,3-5H2,1-2H3,(H,14,15). The van der Waals surface area contributed by atoms with Crippen LogP contribution in [0.4, 0.5) is 0 Å². The van der Waals surface area contributed by atoms with Crippen molar-refractivity contribution in [2.24, 2.45) is 0 Å². The molecular formula is C12H16BrNO. The normalized spacial score (nSPS) is 10.1. The number of aryl methyl sites for hydroxylation is 2. The summed E-state index contributed by atoms with van der Waals surface area (Å²) in [7, 11) is 0. The number of benzene rings is 1. The largest absolute Gasteiger partial charge is 0.352 e. The van der Waals surface area contributed by atoms with Crippen LogP contribution in [0.1, 0.15) is 27.9 Å². The van der Waals surface area contributed by atoms with E-state index in [1.165, 1.54) is 0 Å². The highest BCUT2D eigenvalue weighted by Crippen LogP contribution is 2.08. The van der Waals surface area contributed by atoms with Gasteiger partial charge in [0.15, 0.2) is 0 Å². The summed E-state index contributed by atoms with van der Waals surface area (Å²) in [6.45, 7) is 4.72. The van der Waals surface area contributed by atoms with Crippen molar-refractivity contribution in [1.29, 1.82) is 0 Å². The molecule has 0 aliphatic rings. The first-order valence-corrected chi connectivity index (χ1v) is 6.18. The molecule has 82 valence electrons. The second kappa shape index (κ2) is 5.91. The SMILES string of the molecule is Cc1cc(C)cc(C(=O)NCCCBr)c1. The molecule has 1 aromatic carbocycles. The van der Waals surface area contributed by atoms with Gasteiger partial charge in [-0.25, -0.2) is 0 Å². The number of nitrogens with one attached hydrogen (secondary N) is 1. The van der Waals surface area contributed by atoms with Crippen LogP contribution >= 0.6 is 15.9 Å². The first-order valence-electron chi connectivity index (χ1n) is 5.06. The van der Waals surface area contributed by atoms with Crippen molar-refractivity contribution >= 4 is 21.8 Å². The quantitative estimate of drug-likeness (QED) is 0.661. The molecule has 2 nitrogen and oxygen atoms in total. The molecule has 1 rings (SSSR count). The first kappa shape index (κ1) is 12.2. The minimum absolute atomic E-state index is 0.0164. The number of carbonyl (C=O) groups excluding carboxylic acids is 1. The molecule has 1 N–H and O–H groups in total. The summed E-state index contributed by atoms with van der Waals surface area (Å²) in [5.74, 6) is 0.0164. The van der Waals surface area contributed by atoms with Gasteiger partial charge < -0.3 is 5.32 Å². The maximum atomic E-state index is 11.7. The van der Waals surface area contributed by atoms with Gasteiger partial charge in [0.05, 0.1) is 0 Å². The van der Waals surface area contributed by atoms with Crippen LogP contribution in [0.15, 0.2) is 18.2 Å². The van der Waals surface area contributed by atoms with Gasteiger partial charge in [-0.15, -0.1) is 0 Å². The molecule has 3 heteroatoms. The molecule has 0 aliphatic heterocycles. The molecule has 0 fully saturated rings. The molecule has 0 radical (unpaired) electrons. The van der Waals surface area contributed by atoms with Gasteiger partial charge in [0, 0.05) is 17.4 Å². The van der Waals surface area contributed by atoms with E-state index in [4.69, 9.17) is 0 Å². The minimum Gasteiger partial charge on any atom is -0.352 e. The van der Waals surface area contributed by atoms with Gasteiger partial charge in [0.2, 0.25) is 0 Å². The smallest absolute Gasteiger partial charge is 0.251 e. The molecule has 0 unspecified atom stereocenters. The third kappa shape index (κ3) is 4.04. The van der Waals surface area contributed by atoms with Crippen LogP contribution in [0.3, 0.4) is 0 Å². The van der Waals surface area contributed by atoms with E-state index in [1.807, 2.05) is 26.0 Å². The zero-order chi connectivity index (χ0) is 11.3. The monoisotopic (exact) mass is 269 g/mol. The van der Waals surface area contributed by atoms with Crippen molar-refractivity contribution < 1.29 is 4.79 Å². The third-order valence-corrected chi connectivity index (χ3v) is 2.64. The first-order chi connectivity index (χ1) is 7.13. The van der Waals surface area contributed by atoms with Crippen LogP contribution < -0.4 is 5.32 Å².